The summed E-state index contributed by atoms with van der Waals surface area (Å²) in [6, 6.07) is 5.62. The summed E-state index contributed by atoms with van der Waals surface area (Å²) in [6.07, 6.45) is 2.95. The Morgan fingerprint density at radius 1 is 1.13 bits per heavy atom. The molecule has 3 N–H and O–H groups in total. The minimum atomic E-state index is -1.83. The van der Waals surface area contributed by atoms with Crippen molar-refractivity contribution in [3.63, 3.8) is 0 Å². The summed E-state index contributed by atoms with van der Waals surface area (Å²) in [5.41, 5.74) is 0.715. The first kappa shape index (κ1) is 19.6. The Morgan fingerprint density at radius 2 is 1.61 bits per heavy atom. The molecule has 2 rings (SSSR count). The van der Waals surface area contributed by atoms with Gasteiger partial charge in [-0.15, -0.1) is 0 Å². The summed E-state index contributed by atoms with van der Waals surface area (Å²) in [4.78, 5) is 20.6. The van der Waals surface area contributed by atoms with E-state index in [2.05, 4.69) is 12.2 Å². The minimum Gasteiger partial charge on any atom is -0.450 e. The summed E-state index contributed by atoms with van der Waals surface area (Å²) < 4.78 is 0. The molecule has 1 amide bonds. The molecule has 1 fully saturated rings. The Balaban J connectivity index is 0.000000593. The Labute approximate surface area is 145 Å². The van der Waals surface area contributed by atoms with Gasteiger partial charge in [-0.1, -0.05) is 36.2 Å². The lowest BCUT2D eigenvalue weighted by molar-refractivity contribution is -0.121. The highest BCUT2D eigenvalue weighted by molar-refractivity contribution is 6.36. The highest BCUT2D eigenvalue weighted by Crippen LogP contribution is 2.26. The first-order valence-electron chi connectivity index (χ1n) is 7.43. The van der Waals surface area contributed by atoms with E-state index in [4.69, 9.17) is 38.2 Å². The first-order chi connectivity index (χ1) is 10.8. The zero-order valence-electron chi connectivity index (χ0n) is 12.9. The quantitative estimate of drug-likeness (QED) is 0.741. The molecule has 1 aliphatic rings. The molecule has 0 saturated heterocycles. The van der Waals surface area contributed by atoms with Crippen molar-refractivity contribution in [3.05, 3.63) is 33.8 Å². The summed E-state index contributed by atoms with van der Waals surface area (Å²) in [6.45, 7) is 2.27. The second kappa shape index (κ2) is 9.63. The molecule has 0 unspecified atom stereocenters. The van der Waals surface area contributed by atoms with Crippen LogP contribution in [0.15, 0.2) is 18.2 Å². The number of hydrogen-bond acceptors (Lipinski definition) is 2. The minimum absolute atomic E-state index is 0.00885. The number of carbonyl (C=O) groups excluding carboxylic acids is 1. The van der Waals surface area contributed by atoms with E-state index in [0.29, 0.717) is 21.7 Å². The normalized spacial score (nSPS) is 20.1. The van der Waals surface area contributed by atoms with Crippen molar-refractivity contribution < 1.29 is 19.8 Å². The highest BCUT2D eigenvalue weighted by atomic mass is 35.5. The van der Waals surface area contributed by atoms with E-state index < -0.39 is 6.16 Å². The summed E-state index contributed by atoms with van der Waals surface area (Å²) in [7, 11) is 0. The van der Waals surface area contributed by atoms with Crippen LogP contribution in [-0.4, -0.2) is 28.3 Å². The molecule has 23 heavy (non-hydrogen) atoms. The van der Waals surface area contributed by atoms with Gasteiger partial charge in [-0.05, 0) is 49.3 Å². The lowest BCUT2D eigenvalue weighted by atomic mass is 9.87. The number of amides is 1. The Kier molecular flexibility index (Phi) is 8.20. The number of carboxylic acid groups (broad SMARTS) is 2. The fraction of sp³-hybridized carbons (Fsp3) is 0.500. The van der Waals surface area contributed by atoms with Gasteiger partial charge in [0.1, 0.15) is 0 Å². The predicted molar refractivity (Wildman–Crippen MR) is 90.4 cm³/mol. The van der Waals surface area contributed by atoms with Gasteiger partial charge in [-0.2, -0.15) is 0 Å². The van der Waals surface area contributed by atoms with E-state index in [1.807, 2.05) is 0 Å². The van der Waals surface area contributed by atoms with Crippen LogP contribution in [0.1, 0.15) is 38.2 Å². The van der Waals surface area contributed by atoms with Crippen molar-refractivity contribution in [2.24, 2.45) is 5.92 Å². The van der Waals surface area contributed by atoms with Gasteiger partial charge in [0, 0.05) is 16.1 Å². The fourth-order valence-electron chi connectivity index (χ4n) is 2.54. The fourth-order valence-corrected chi connectivity index (χ4v) is 3.08. The molecule has 0 aromatic heterocycles. The van der Waals surface area contributed by atoms with Gasteiger partial charge in [0.2, 0.25) is 5.91 Å². The van der Waals surface area contributed by atoms with Crippen LogP contribution in [0.5, 0.6) is 0 Å². The average Bonchev–Trinajstić information content (AvgIpc) is 2.45. The lowest BCUT2D eigenvalue weighted by Gasteiger charge is -2.27. The van der Waals surface area contributed by atoms with E-state index in [0.717, 1.165) is 18.8 Å². The van der Waals surface area contributed by atoms with Crippen LogP contribution in [-0.2, 0) is 11.2 Å². The molecule has 0 aliphatic heterocycles. The van der Waals surface area contributed by atoms with Gasteiger partial charge in [0.25, 0.3) is 0 Å². The van der Waals surface area contributed by atoms with Crippen LogP contribution >= 0.6 is 23.2 Å². The third-order valence-corrected chi connectivity index (χ3v) is 4.49. The molecule has 128 valence electrons. The molecule has 0 atom stereocenters. The van der Waals surface area contributed by atoms with Crippen LogP contribution in [0.2, 0.25) is 10.0 Å². The zero-order valence-corrected chi connectivity index (χ0v) is 14.4. The van der Waals surface area contributed by atoms with Gasteiger partial charge in [0.15, 0.2) is 0 Å². The molecule has 1 saturated carbocycles. The van der Waals surface area contributed by atoms with Crippen LogP contribution in [0.4, 0.5) is 4.79 Å². The average molecular weight is 362 g/mol. The van der Waals surface area contributed by atoms with Crippen LogP contribution < -0.4 is 5.32 Å². The monoisotopic (exact) mass is 361 g/mol. The van der Waals surface area contributed by atoms with Gasteiger partial charge >= 0.3 is 6.16 Å². The summed E-state index contributed by atoms with van der Waals surface area (Å²) >= 11 is 12.1. The topological polar surface area (TPSA) is 86.6 Å². The third-order valence-electron chi connectivity index (χ3n) is 3.78. The molecule has 1 aromatic rings. The molecule has 5 nitrogen and oxygen atoms in total. The molecule has 0 heterocycles. The van der Waals surface area contributed by atoms with Gasteiger partial charge in [-0.25, -0.2) is 4.79 Å². The molecule has 0 spiro atoms. The lowest BCUT2D eigenvalue weighted by Crippen LogP contribution is -2.38. The first-order valence-corrected chi connectivity index (χ1v) is 8.19. The third kappa shape index (κ3) is 7.57. The number of nitrogens with one attached hydrogen (secondary N) is 1. The SMILES string of the molecule is CC1CCC(NC(=O)Cc2c(Cl)cccc2Cl)CC1.O=C(O)O. The summed E-state index contributed by atoms with van der Waals surface area (Å²) in [5, 5.41) is 18.1. The Hall–Kier alpha value is -1.46. The standard InChI is InChI=1S/C15H19Cl2NO.CH2O3/c1-10-5-7-11(8-6-10)18-15(19)9-12-13(16)3-2-4-14(12)17;2-1(3)4/h2-4,10-11H,5-9H2,1H3,(H,18,19);(H2,2,3,4). The van der Waals surface area contributed by atoms with Crippen molar-refractivity contribution in [1.82, 2.24) is 5.32 Å². The molecular weight excluding hydrogens is 341 g/mol. The molecule has 0 radical (unpaired) electrons. The molecule has 1 aliphatic carbocycles. The second-order valence-corrected chi connectivity index (χ2v) is 6.50. The summed E-state index contributed by atoms with van der Waals surface area (Å²) in [5.74, 6) is 0.792. The number of benzene rings is 1. The van der Waals surface area contributed by atoms with E-state index in [1.54, 1.807) is 18.2 Å². The molecular formula is C16H21Cl2NO4. The Bertz CT molecular complexity index is 519. The van der Waals surface area contributed by atoms with Crippen molar-refractivity contribution in [2.75, 3.05) is 0 Å². The van der Waals surface area contributed by atoms with Gasteiger partial charge in [0.05, 0.1) is 6.42 Å². The van der Waals surface area contributed by atoms with Crippen molar-refractivity contribution in [3.8, 4) is 0 Å². The second-order valence-electron chi connectivity index (χ2n) is 5.68. The van der Waals surface area contributed by atoms with Crippen LogP contribution in [0.3, 0.4) is 0 Å². The highest BCUT2D eigenvalue weighted by Gasteiger charge is 2.20. The molecule has 1 aromatic carbocycles. The largest absolute Gasteiger partial charge is 0.503 e. The predicted octanol–water partition coefficient (Wildman–Crippen LogP) is 4.45. The Morgan fingerprint density at radius 3 is 2.09 bits per heavy atom. The van der Waals surface area contributed by atoms with E-state index in [9.17, 15) is 4.79 Å². The van der Waals surface area contributed by atoms with E-state index in [1.165, 1.54) is 12.8 Å². The van der Waals surface area contributed by atoms with E-state index >= 15 is 0 Å². The smallest absolute Gasteiger partial charge is 0.450 e. The van der Waals surface area contributed by atoms with Crippen molar-refractivity contribution in [2.45, 2.75) is 45.1 Å². The number of rotatable bonds is 3. The van der Waals surface area contributed by atoms with Crippen molar-refractivity contribution >= 4 is 35.3 Å². The molecule has 0 bridgehead atoms. The van der Waals surface area contributed by atoms with E-state index in [-0.39, 0.29) is 12.3 Å². The number of carbonyl (C=O) groups is 2. The number of hydrogen-bond donors (Lipinski definition) is 3. The molecule has 7 heteroatoms. The maximum Gasteiger partial charge on any atom is 0.503 e. The van der Waals surface area contributed by atoms with Crippen molar-refractivity contribution in [1.29, 1.82) is 0 Å². The van der Waals surface area contributed by atoms with Gasteiger partial charge < -0.3 is 15.5 Å². The van der Waals surface area contributed by atoms with Crippen LogP contribution in [0.25, 0.3) is 0 Å². The zero-order chi connectivity index (χ0) is 17.4. The maximum absolute atomic E-state index is 12.0. The number of halogens is 2. The maximum atomic E-state index is 12.0. The van der Waals surface area contributed by atoms with Crippen LogP contribution in [0, 0.1) is 5.92 Å². The van der Waals surface area contributed by atoms with Gasteiger partial charge in [-0.3, -0.25) is 4.79 Å².